The van der Waals surface area contributed by atoms with Crippen LogP contribution in [-0.2, 0) is 15.6 Å². The van der Waals surface area contributed by atoms with Gasteiger partial charge in [-0.1, -0.05) is 11.6 Å². The van der Waals surface area contributed by atoms with Crippen LogP contribution in [0.5, 0.6) is 0 Å². The monoisotopic (exact) mass is 280 g/mol. The van der Waals surface area contributed by atoms with E-state index in [1.54, 1.807) is 12.1 Å². The second-order valence-corrected chi connectivity index (χ2v) is 7.12. The Hall–Kier alpha value is -0.460. The number of thioether (sulfide) groups is 1. The molecular weight excluding hydrogens is 268 g/mol. The van der Waals surface area contributed by atoms with E-state index < -0.39 is 9.84 Å². The number of sulfone groups is 1. The first-order valence-electron chi connectivity index (χ1n) is 4.55. The molecule has 0 radical (unpaired) electrons. The first kappa shape index (κ1) is 13.6. The van der Waals surface area contributed by atoms with Crippen molar-refractivity contribution in [2.45, 2.75) is 5.75 Å². The molecule has 1 rings (SSSR count). The van der Waals surface area contributed by atoms with E-state index in [0.29, 0.717) is 28.0 Å². The maximum absolute atomic E-state index is 10.9. The van der Waals surface area contributed by atoms with Crippen LogP contribution in [0.25, 0.3) is 0 Å². The predicted octanol–water partition coefficient (Wildman–Crippen LogP) is 1.59. The summed E-state index contributed by atoms with van der Waals surface area (Å²) in [5, 5.41) is 0.557. The van der Waals surface area contributed by atoms with Crippen LogP contribution in [0.2, 0.25) is 5.02 Å². The van der Waals surface area contributed by atoms with E-state index in [9.17, 15) is 8.42 Å². The highest BCUT2D eigenvalue weighted by Crippen LogP contribution is 2.20. The minimum Gasteiger partial charge on any atom is -0.384 e. The van der Waals surface area contributed by atoms with E-state index in [-0.39, 0.29) is 5.75 Å². The Balaban J connectivity index is 2.46. The van der Waals surface area contributed by atoms with E-state index >= 15 is 0 Å². The Kier molecular flexibility index (Phi) is 4.89. The molecule has 0 saturated carbocycles. The SMILES string of the molecule is CS(=O)(=O)CCSCc1nc(N)ccc1Cl. The summed E-state index contributed by atoms with van der Waals surface area (Å²) < 4.78 is 21.8. The molecule has 0 fully saturated rings. The Morgan fingerprint density at radius 1 is 1.50 bits per heavy atom. The number of pyridine rings is 1. The molecule has 0 saturated heterocycles. The summed E-state index contributed by atoms with van der Waals surface area (Å²) in [5.74, 6) is 1.69. The van der Waals surface area contributed by atoms with Gasteiger partial charge >= 0.3 is 0 Å². The van der Waals surface area contributed by atoms with E-state index in [1.165, 1.54) is 18.0 Å². The fourth-order valence-corrected chi connectivity index (χ4v) is 3.47. The average Bonchev–Trinajstić information content (AvgIpc) is 2.16. The Labute approximate surface area is 105 Å². The minimum atomic E-state index is -2.90. The van der Waals surface area contributed by atoms with E-state index in [2.05, 4.69) is 4.98 Å². The first-order chi connectivity index (χ1) is 7.38. The highest BCUT2D eigenvalue weighted by atomic mass is 35.5. The highest BCUT2D eigenvalue weighted by Gasteiger charge is 2.05. The zero-order valence-electron chi connectivity index (χ0n) is 8.81. The third kappa shape index (κ3) is 5.05. The zero-order chi connectivity index (χ0) is 12.2. The van der Waals surface area contributed by atoms with Crippen molar-refractivity contribution in [1.82, 2.24) is 4.98 Å². The Bertz CT molecular complexity index is 463. The summed E-state index contributed by atoms with van der Waals surface area (Å²) in [7, 11) is -2.90. The van der Waals surface area contributed by atoms with Gasteiger partial charge in [-0.25, -0.2) is 13.4 Å². The maximum atomic E-state index is 10.9. The molecule has 0 aliphatic carbocycles. The lowest BCUT2D eigenvalue weighted by Gasteiger charge is -2.04. The lowest BCUT2D eigenvalue weighted by molar-refractivity contribution is 0.603. The van der Waals surface area contributed by atoms with E-state index in [4.69, 9.17) is 17.3 Å². The fraction of sp³-hybridized carbons (Fsp3) is 0.444. The molecular formula is C9H13ClN2O2S2. The van der Waals surface area contributed by atoms with Gasteiger partial charge in [0.25, 0.3) is 0 Å². The van der Waals surface area contributed by atoms with Crippen LogP contribution in [0.15, 0.2) is 12.1 Å². The van der Waals surface area contributed by atoms with Crippen LogP contribution in [0, 0.1) is 0 Å². The lowest BCUT2D eigenvalue weighted by atomic mass is 10.4. The van der Waals surface area contributed by atoms with E-state index in [0.717, 1.165) is 0 Å². The van der Waals surface area contributed by atoms with Crippen molar-refractivity contribution >= 4 is 39.0 Å². The van der Waals surface area contributed by atoms with Crippen LogP contribution in [0.4, 0.5) is 5.82 Å². The van der Waals surface area contributed by atoms with Gasteiger partial charge in [-0.15, -0.1) is 0 Å². The zero-order valence-corrected chi connectivity index (χ0v) is 11.2. The van der Waals surface area contributed by atoms with Crippen LogP contribution in [0.3, 0.4) is 0 Å². The van der Waals surface area contributed by atoms with Crippen molar-refractivity contribution in [1.29, 1.82) is 0 Å². The van der Waals surface area contributed by atoms with Gasteiger partial charge in [-0.05, 0) is 12.1 Å². The summed E-state index contributed by atoms with van der Waals surface area (Å²) >= 11 is 7.39. The van der Waals surface area contributed by atoms with Crippen molar-refractivity contribution < 1.29 is 8.42 Å². The van der Waals surface area contributed by atoms with Gasteiger partial charge in [0.2, 0.25) is 0 Å². The predicted molar refractivity (Wildman–Crippen MR) is 69.5 cm³/mol. The molecule has 0 atom stereocenters. The molecule has 1 aromatic rings. The molecule has 0 aliphatic rings. The number of halogens is 1. The van der Waals surface area contributed by atoms with Crippen molar-refractivity contribution in [2.24, 2.45) is 0 Å². The minimum absolute atomic E-state index is 0.164. The topological polar surface area (TPSA) is 73.0 Å². The summed E-state index contributed by atoms with van der Waals surface area (Å²) in [6.45, 7) is 0. The standard InChI is InChI=1S/C9H13ClN2O2S2/c1-16(13,14)5-4-15-6-8-7(10)2-3-9(11)12-8/h2-3H,4-6H2,1H3,(H2,11,12). The van der Waals surface area contributed by atoms with Gasteiger partial charge in [-0.2, -0.15) is 11.8 Å². The molecule has 7 heteroatoms. The molecule has 90 valence electrons. The van der Waals surface area contributed by atoms with Crippen LogP contribution >= 0.6 is 23.4 Å². The van der Waals surface area contributed by atoms with Crippen molar-refractivity contribution in [2.75, 3.05) is 23.5 Å². The number of nitrogens with zero attached hydrogens (tertiary/aromatic N) is 1. The molecule has 1 heterocycles. The third-order valence-corrected chi connectivity index (χ3v) is 4.30. The molecule has 0 spiro atoms. The molecule has 4 nitrogen and oxygen atoms in total. The normalized spacial score (nSPS) is 11.6. The number of nitrogens with two attached hydrogens (primary N) is 1. The highest BCUT2D eigenvalue weighted by molar-refractivity contribution is 7.99. The van der Waals surface area contributed by atoms with Gasteiger partial charge in [0, 0.05) is 17.8 Å². The molecule has 0 aliphatic heterocycles. The molecule has 0 unspecified atom stereocenters. The van der Waals surface area contributed by atoms with Gasteiger partial charge in [0.15, 0.2) is 0 Å². The van der Waals surface area contributed by atoms with Crippen molar-refractivity contribution in [3.63, 3.8) is 0 Å². The molecule has 0 aromatic carbocycles. The third-order valence-electron chi connectivity index (χ3n) is 1.78. The van der Waals surface area contributed by atoms with Gasteiger partial charge in [-0.3, -0.25) is 0 Å². The number of anilines is 1. The average molecular weight is 281 g/mol. The Morgan fingerprint density at radius 3 is 2.81 bits per heavy atom. The number of aromatic nitrogens is 1. The number of rotatable bonds is 5. The lowest BCUT2D eigenvalue weighted by Crippen LogP contribution is -2.05. The van der Waals surface area contributed by atoms with Crippen molar-refractivity contribution in [3.05, 3.63) is 22.8 Å². The maximum Gasteiger partial charge on any atom is 0.148 e. The van der Waals surface area contributed by atoms with Gasteiger partial charge < -0.3 is 5.73 Å². The second-order valence-electron chi connectivity index (χ2n) is 3.35. The fourth-order valence-electron chi connectivity index (χ4n) is 0.982. The molecule has 16 heavy (non-hydrogen) atoms. The summed E-state index contributed by atoms with van der Waals surface area (Å²) in [6, 6.07) is 3.32. The van der Waals surface area contributed by atoms with Crippen LogP contribution < -0.4 is 5.73 Å². The van der Waals surface area contributed by atoms with Crippen LogP contribution in [0.1, 0.15) is 5.69 Å². The van der Waals surface area contributed by atoms with Gasteiger partial charge in [0.05, 0.1) is 16.5 Å². The van der Waals surface area contributed by atoms with Crippen molar-refractivity contribution in [3.8, 4) is 0 Å². The van der Waals surface area contributed by atoms with Gasteiger partial charge in [0.1, 0.15) is 15.7 Å². The van der Waals surface area contributed by atoms with Crippen LogP contribution in [-0.4, -0.2) is 31.2 Å². The quantitative estimate of drug-likeness (QED) is 0.829. The Morgan fingerprint density at radius 2 is 2.19 bits per heavy atom. The summed E-state index contributed by atoms with van der Waals surface area (Å²) in [4.78, 5) is 4.08. The summed E-state index contributed by atoms with van der Waals surface area (Å²) in [5.41, 5.74) is 6.22. The van der Waals surface area contributed by atoms with E-state index in [1.807, 2.05) is 0 Å². The summed E-state index contributed by atoms with van der Waals surface area (Å²) in [6.07, 6.45) is 1.22. The number of nitrogen functional groups attached to an aromatic ring is 1. The smallest absolute Gasteiger partial charge is 0.148 e. The number of hydrogen-bond acceptors (Lipinski definition) is 5. The number of hydrogen-bond donors (Lipinski definition) is 1. The first-order valence-corrected chi connectivity index (χ1v) is 8.14. The molecule has 1 aromatic heterocycles. The molecule has 0 amide bonds. The second kappa shape index (κ2) is 5.75. The largest absolute Gasteiger partial charge is 0.384 e. The molecule has 0 bridgehead atoms. The molecule has 2 N–H and O–H groups in total.